The summed E-state index contributed by atoms with van der Waals surface area (Å²) in [6, 6.07) is 9.45. The van der Waals surface area contributed by atoms with E-state index in [-0.39, 0.29) is 23.8 Å². The first-order valence-electron chi connectivity index (χ1n) is 9.18. The number of nitrogens with zero attached hydrogens (tertiary/aromatic N) is 2. The molecule has 2 amide bonds. The molecule has 26 heavy (non-hydrogen) atoms. The Balaban J connectivity index is 1.77. The highest BCUT2D eigenvalue weighted by atomic mass is 32.2. The summed E-state index contributed by atoms with van der Waals surface area (Å²) in [6.45, 7) is 5.00. The summed E-state index contributed by atoms with van der Waals surface area (Å²) in [6.07, 6.45) is 2.70. The standard InChI is InChI=1S/C20H27N3O2S/c1-15(2)20(25)23-11-6-5-9-18(23)19(24)22-10-12-26-14-17-8-4-3-7-16(17)13-21/h3-4,7-8,15,18H,5-6,9-12,14H2,1-2H3,(H,22,24)/t18-/m1/s1. The molecule has 0 bridgehead atoms. The van der Waals surface area contributed by atoms with Crippen molar-refractivity contribution in [2.24, 2.45) is 5.92 Å². The number of benzene rings is 1. The number of thioether (sulfide) groups is 1. The van der Waals surface area contributed by atoms with Gasteiger partial charge in [-0.25, -0.2) is 0 Å². The highest BCUT2D eigenvalue weighted by molar-refractivity contribution is 7.98. The van der Waals surface area contributed by atoms with Gasteiger partial charge in [0.1, 0.15) is 6.04 Å². The zero-order chi connectivity index (χ0) is 18.9. The molecule has 1 heterocycles. The third-order valence-corrected chi connectivity index (χ3v) is 5.53. The molecule has 1 aromatic rings. The summed E-state index contributed by atoms with van der Waals surface area (Å²) in [5, 5.41) is 12.1. The van der Waals surface area contributed by atoms with Crippen molar-refractivity contribution >= 4 is 23.6 Å². The fraction of sp³-hybridized carbons (Fsp3) is 0.550. The van der Waals surface area contributed by atoms with Crippen LogP contribution in [-0.4, -0.2) is 41.6 Å². The van der Waals surface area contributed by atoms with Crippen molar-refractivity contribution in [3.63, 3.8) is 0 Å². The van der Waals surface area contributed by atoms with E-state index in [1.54, 1.807) is 16.7 Å². The summed E-state index contributed by atoms with van der Waals surface area (Å²) in [4.78, 5) is 26.6. The molecule has 0 spiro atoms. The van der Waals surface area contributed by atoms with Crippen LogP contribution in [0.4, 0.5) is 0 Å². The molecule has 1 aliphatic rings. The van der Waals surface area contributed by atoms with E-state index in [1.807, 2.05) is 38.1 Å². The number of hydrogen-bond donors (Lipinski definition) is 1. The largest absolute Gasteiger partial charge is 0.353 e. The normalized spacial score (nSPS) is 17.0. The lowest BCUT2D eigenvalue weighted by molar-refractivity contribution is -0.144. The number of nitrogens with one attached hydrogen (secondary N) is 1. The minimum absolute atomic E-state index is 0.0447. The van der Waals surface area contributed by atoms with Gasteiger partial charge in [-0.05, 0) is 30.9 Å². The number of carbonyl (C=O) groups is 2. The molecular formula is C20H27N3O2S. The molecule has 0 aromatic heterocycles. The van der Waals surface area contributed by atoms with Crippen molar-refractivity contribution in [2.75, 3.05) is 18.8 Å². The molecule has 0 aliphatic carbocycles. The Kier molecular flexibility index (Phi) is 7.99. The number of hydrogen-bond acceptors (Lipinski definition) is 4. The summed E-state index contributed by atoms with van der Waals surface area (Å²) < 4.78 is 0. The van der Waals surface area contributed by atoms with Crippen molar-refractivity contribution < 1.29 is 9.59 Å². The lowest BCUT2D eigenvalue weighted by atomic mass is 9.99. The predicted octanol–water partition coefficient (Wildman–Crippen LogP) is 2.94. The zero-order valence-electron chi connectivity index (χ0n) is 15.5. The van der Waals surface area contributed by atoms with Gasteiger partial charge >= 0.3 is 0 Å². The number of rotatable bonds is 7. The van der Waals surface area contributed by atoms with E-state index in [2.05, 4.69) is 11.4 Å². The maximum Gasteiger partial charge on any atom is 0.242 e. The van der Waals surface area contributed by atoms with Crippen LogP contribution in [0.5, 0.6) is 0 Å². The van der Waals surface area contributed by atoms with Gasteiger partial charge in [0.15, 0.2) is 0 Å². The third kappa shape index (κ3) is 5.50. The fourth-order valence-electron chi connectivity index (χ4n) is 3.10. The number of piperidine rings is 1. The molecule has 0 saturated carbocycles. The Hall–Kier alpha value is -2.00. The van der Waals surface area contributed by atoms with Crippen LogP contribution in [0.25, 0.3) is 0 Å². The second kappa shape index (κ2) is 10.2. The van der Waals surface area contributed by atoms with E-state index in [4.69, 9.17) is 5.26 Å². The zero-order valence-corrected chi connectivity index (χ0v) is 16.3. The number of carbonyl (C=O) groups excluding carboxylic acids is 2. The Morgan fingerprint density at radius 2 is 2.12 bits per heavy atom. The van der Waals surface area contributed by atoms with E-state index >= 15 is 0 Å². The van der Waals surface area contributed by atoms with Crippen LogP contribution in [0.2, 0.25) is 0 Å². The van der Waals surface area contributed by atoms with Gasteiger partial charge in [0.25, 0.3) is 0 Å². The second-order valence-corrected chi connectivity index (χ2v) is 7.92. The predicted molar refractivity (Wildman–Crippen MR) is 105 cm³/mol. The van der Waals surface area contributed by atoms with Gasteiger partial charge in [0.05, 0.1) is 11.6 Å². The number of likely N-dealkylation sites (tertiary alicyclic amines) is 1. The Morgan fingerprint density at radius 1 is 1.35 bits per heavy atom. The van der Waals surface area contributed by atoms with Crippen molar-refractivity contribution in [3.8, 4) is 6.07 Å². The van der Waals surface area contributed by atoms with Crippen LogP contribution in [0, 0.1) is 17.2 Å². The molecule has 1 aromatic carbocycles. The average Bonchev–Trinajstić information content (AvgIpc) is 2.67. The molecule has 1 aliphatic heterocycles. The molecule has 2 rings (SSSR count). The van der Waals surface area contributed by atoms with Crippen LogP contribution in [0.3, 0.4) is 0 Å². The van der Waals surface area contributed by atoms with Gasteiger partial charge in [-0.2, -0.15) is 17.0 Å². The first-order chi connectivity index (χ1) is 12.5. The van der Waals surface area contributed by atoms with Crippen molar-refractivity contribution in [3.05, 3.63) is 35.4 Å². The van der Waals surface area contributed by atoms with Crippen molar-refractivity contribution in [2.45, 2.75) is 44.9 Å². The smallest absolute Gasteiger partial charge is 0.242 e. The molecule has 1 N–H and O–H groups in total. The van der Waals surface area contributed by atoms with Gasteiger partial charge in [0.2, 0.25) is 11.8 Å². The first kappa shape index (κ1) is 20.3. The third-order valence-electron chi connectivity index (χ3n) is 4.52. The van der Waals surface area contributed by atoms with Gasteiger partial charge in [0, 0.05) is 30.5 Å². The Morgan fingerprint density at radius 3 is 2.85 bits per heavy atom. The van der Waals surface area contributed by atoms with Crippen LogP contribution in [0.15, 0.2) is 24.3 Å². The molecule has 6 heteroatoms. The maximum absolute atomic E-state index is 12.5. The van der Waals surface area contributed by atoms with Gasteiger partial charge in [-0.15, -0.1) is 0 Å². The van der Waals surface area contributed by atoms with E-state index in [9.17, 15) is 9.59 Å². The maximum atomic E-state index is 12.5. The summed E-state index contributed by atoms with van der Waals surface area (Å²) in [7, 11) is 0. The van der Waals surface area contributed by atoms with Crippen molar-refractivity contribution in [1.29, 1.82) is 5.26 Å². The molecular weight excluding hydrogens is 346 g/mol. The fourth-order valence-corrected chi connectivity index (χ4v) is 3.96. The van der Waals surface area contributed by atoms with Crippen LogP contribution in [0.1, 0.15) is 44.2 Å². The van der Waals surface area contributed by atoms with Gasteiger partial charge < -0.3 is 10.2 Å². The molecule has 0 radical (unpaired) electrons. The van der Waals surface area contributed by atoms with E-state index in [1.165, 1.54) is 0 Å². The number of amides is 2. The van der Waals surface area contributed by atoms with Gasteiger partial charge in [-0.3, -0.25) is 9.59 Å². The molecule has 1 atom stereocenters. The molecule has 0 unspecified atom stereocenters. The molecule has 1 fully saturated rings. The topological polar surface area (TPSA) is 73.2 Å². The molecule has 140 valence electrons. The summed E-state index contributed by atoms with van der Waals surface area (Å²) >= 11 is 1.69. The lowest BCUT2D eigenvalue weighted by Gasteiger charge is -2.35. The monoisotopic (exact) mass is 373 g/mol. The SMILES string of the molecule is CC(C)C(=O)N1CCCC[C@@H]1C(=O)NCCSCc1ccccc1C#N. The minimum Gasteiger partial charge on any atom is -0.353 e. The summed E-state index contributed by atoms with van der Waals surface area (Å²) in [5.74, 6) is 1.46. The van der Waals surface area contributed by atoms with Crippen LogP contribution < -0.4 is 5.32 Å². The van der Waals surface area contributed by atoms with Crippen LogP contribution in [-0.2, 0) is 15.3 Å². The minimum atomic E-state index is -0.331. The van der Waals surface area contributed by atoms with Gasteiger partial charge in [-0.1, -0.05) is 32.0 Å². The van der Waals surface area contributed by atoms with Crippen LogP contribution >= 0.6 is 11.8 Å². The second-order valence-electron chi connectivity index (χ2n) is 6.81. The summed E-state index contributed by atoms with van der Waals surface area (Å²) in [5.41, 5.74) is 1.72. The average molecular weight is 374 g/mol. The highest BCUT2D eigenvalue weighted by Gasteiger charge is 2.32. The van der Waals surface area contributed by atoms with E-state index in [0.717, 1.165) is 36.3 Å². The molecule has 5 nitrogen and oxygen atoms in total. The van der Waals surface area contributed by atoms with E-state index in [0.29, 0.717) is 18.7 Å². The Bertz CT molecular complexity index is 669. The Labute approximate surface area is 160 Å². The van der Waals surface area contributed by atoms with E-state index < -0.39 is 0 Å². The highest BCUT2D eigenvalue weighted by Crippen LogP contribution is 2.20. The quantitative estimate of drug-likeness (QED) is 0.746. The van der Waals surface area contributed by atoms with Crippen molar-refractivity contribution in [1.82, 2.24) is 10.2 Å². The molecule has 1 saturated heterocycles. The lowest BCUT2D eigenvalue weighted by Crippen LogP contribution is -2.53. The number of nitriles is 1. The first-order valence-corrected chi connectivity index (χ1v) is 10.3.